The van der Waals surface area contributed by atoms with Crippen LogP contribution in [-0.4, -0.2) is 5.16 Å². The van der Waals surface area contributed by atoms with Crippen molar-refractivity contribution in [2.45, 2.75) is 0 Å². The van der Waals surface area contributed by atoms with Crippen molar-refractivity contribution in [2.75, 3.05) is 5.73 Å². The van der Waals surface area contributed by atoms with Crippen LogP contribution in [0.2, 0.25) is 5.02 Å². The summed E-state index contributed by atoms with van der Waals surface area (Å²) in [6.07, 6.45) is 0. The highest BCUT2D eigenvalue weighted by Crippen LogP contribution is 2.38. The van der Waals surface area contributed by atoms with E-state index in [4.69, 9.17) is 21.9 Å². The molecule has 0 unspecified atom stereocenters. The van der Waals surface area contributed by atoms with E-state index >= 15 is 0 Å². The number of nitrogens with zero attached hydrogens (tertiary/aromatic N) is 1. The van der Waals surface area contributed by atoms with Crippen molar-refractivity contribution >= 4 is 33.4 Å². The quantitative estimate of drug-likeness (QED) is 0.682. The lowest BCUT2D eigenvalue weighted by molar-refractivity contribution is 0.439. The zero-order valence-electron chi connectivity index (χ0n) is 10.6. The average molecular weight is 368 g/mol. The maximum atomic E-state index is 13.4. The first-order chi connectivity index (χ1) is 10.1. The van der Waals surface area contributed by atoms with Gasteiger partial charge in [0.1, 0.15) is 11.5 Å². The summed E-state index contributed by atoms with van der Waals surface area (Å²) in [4.78, 5) is 0. The molecular weight excluding hydrogens is 359 g/mol. The molecule has 0 aliphatic heterocycles. The Bertz CT molecular complexity index is 819. The van der Waals surface area contributed by atoms with E-state index in [-0.39, 0.29) is 11.7 Å². The van der Waals surface area contributed by atoms with E-state index in [1.165, 1.54) is 12.1 Å². The van der Waals surface area contributed by atoms with E-state index in [2.05, 4.69) is 21.1 Å². The molecule has 0 spiro atoms. The molecule has 3 nitrogen and oxygen atoms in total. The first kappa shape index (κ1) is 14.1. The summed E-state index contributed by atoms with van der Waals surface area (Å²) in [6, 6.07) is 11.5. The lowest BCUT2D eigenvalue weighted by atomic mass is 10.0. The van der Waals surface area contributed by atoms with Gasteiger partial charge in [0.25, 0.3) is 0 Å². The topological polar surface area (TPSA) is 52.0 Å². The van der Waals surface area contributed by atoms with Crippen molar-refractivity contribution < 1.29 is 8.91 Å². The van der Waals surface area contributed by atoms with Crippen LogP contribution in [0.1, 0.15) is 0 Å². The first-order valence-corrected chi connectivity index (χ1v) is 7.20. The average Bonchev–Trinajstić information content (AvgIpc) is 2.84. The number of benzene rings is 2. The van der Waals surface area contributed by atoms with Crippen LogP contribution in [0, 0.1) is 5.82 Å². The highest BCUT2D eigenvalue weighted by Gasteiger charge is 2.18. The molecule has 2 N–H and O–H groups in total. The third-order valence-electron chi connectivity index (χ3n) is 3.02. The summed E-state index contributed by atoms with van der Waals surface area (Å²) in [5, 5.41) is 4.56. The van der Waals surface area contributed by atoms with Gasteiger partial charge < -0.3 is 10.3 Å². The Morgan fingerprint density at radius 2 is 1.95 bits per heavy atom. The van der Waals surface area contributed by atoms with Crippen LogP contribution in [0.4, 0.5) is 10.3 Å². The zero-order chi connectivity index (χ0) is 15.0. The van der Waals surface area contributed by atoms with Crippen molar-refractivity contribution in [2.24, 2.45) is 0 Å². The Hall–Kier alpha value is -1.85. The normalized spacial score (nSPS) is 10.8. The number of hydrogen-bond donors (Lipinski definition) is 1. The smallest absolute Gasteiger partial charge is 0.230 e. The molecule has 0 aliphatic rings. The minimum atomic E-state index is -0.351. The van der Waals surface area contributed by atoms with Crippen molar-refractivity contribution in [1.82, 2.24) is 5.16 Å². The van der Waals surface area contributed by atoms with Gasteiger partial charge in [0.15, 0.2) is 0 Å². The fourth-order valence-electron chi connectivity index (χ4n) is 2.07. The number of hydrogen-bond acceptors (Lipinski definition) is 3. The van der Waals surface area contributed by atoms with Crippen LogP contribution in [0.3, 0.4) is 0 Å². The third kappa shape index (κ3) is 2.66. The minimum Gasteiger partial charge on any atom is -0.367 e. The lowest BCUT2D eigenvalue weighted by Crippen LogP contribution is -1.89. The molecule has 3 rings (SSSR count). The van der Waals surface area contributed by atoms with Gasteiger partial charge in [0.2, 0.25) is 5.88 Å². The fraction of sp³-hybridized carbons (Fsp3) is 0. The van der Waals surface area contributed by atoms with Crippen molar-refractivity contribution in [3.63, 3.8) is 0 Å². The van der Waals surface area contributed by atoms with Gasteiger partial charge in [-0.25, -0.2) is 4.39 Å². The molecule has 0 saturated heterocycles. The summed E-state index contributed by atoms with van der Waals surface area (Å²) in [7, 11) is 0. The molecule has 0 fully saturated rings. The van der Waals surface area contributed by atoms with Crippen molar-refractivity contribution in [3.8, 4) is 22.4 Å². The molecule has 0 bridgehead atoms. The van der Waals surface area contributed by atoms with Gasteiger partial charge >= 0.3 is 0 Å². The molecule has 3 aromatic rings. The van der Waals surface area contributed by atoms with Gasteiger partial charge in [-0.3, -0.25) is 0 Å². The van der Waals surface area contributed by atoms with Gasteiger partial charge in [0, 0.05) is 10.0 Å². The second kappa shape index (κ2) is 5.50. The van der Waals surface area contributed by atoms with Crippen molar-refractivity contribution in [3.05, 3.63) is 57.8 Å². The van der Waals surface area contributed by atoms with Crippen LogP contribution in [-0.2, 0) is 0 Å². The van der Waals surface area contributed by atoms with Gasteiger partial charge in [-0.2, -0.15) is 0 Å². The van der Waals surface area contributed by atoms with E-state index < -0.39 is 0 Å². The zero-order valence-corrected chi connectivity index (χ0v) is 13.0. The molecular formula is C15H9BrClFN2O. The van der Waals surface area contributed by atoms with Gasteiger partial charge in [-0.05, 0) is 45.8 Å². The van der Waals surface area contributed by atoms with Crippen LogP contribution >= 0.6 is 27.5 Å². The Morgan fingerprint density at radius 3 is 2.67 bits per heavy atom. The first-order valence-electron chi connectivity index (χ1n) is 6.03. The maximum Gasteiger partial charge on any atom is 0.230 e. The Kier molecular flexibility index (Phi) is 3.69. The van der Waals surface area contributed by atoms with Gasteiger partial charge in [-0.15, -0.1) is 0 Å². The van der Waals surface area contributed by atoms with Gasteiger partial charge in [-0.1, -0.05) is 35.0 Å². The molecule has 0 radical (unpaired) electrons. The lowest BCUT2D eigenvalue weighted by Gasteiger charge is -2.04. The fourth-order valence-corrected chi connectivity index (χ4v) is 2.56. The largest absolute Gasteiger partial charge is 0.367 e. The van der Waals surface area contributed by atoms with Crippen molar-refractivity contribution in [1.29, 1.82) is 0 Å². The number of rotatable bonds is 2. The number of anilines is 1. The summed E-state index contributed by atoms with van der Waals surface area (Å²) in [5.74, 6) is -0.210. The molecule has 106 valence electrons. The summed E-state index contributed by atoms with van der Waals surface area (Å²) >= 11 is 9.35. The monoisotopic (exact) mass is 366 g/mol. The van der Waals surface area contributed by atoms with E-state index in [0.717, 1.165) is 10.0 Å². The molecule has 6 heteroatoms. The Labute approximate surface area is 133 Å². The third-order valence-corrected chi connectivity index (χ3v) is 4.24. The summed E-state index contributed by atoms with van der Waals surface area (Å²) in [5.41, 5.74) is 8.31. The molecule has 0 aliphatic carbocycles. The number of aromatic nitrogens is 1. The molecule has 1 heterocycles. The predicted molar refractivity (Wildman–Crippen MR) is 84.5 cm³/mol. The highest BCUT2D eigenvalue weighted by molar-refractivity contribution is 9.10. The SMILES string of the molecule is Nc1onc(-c2ccc(Cl)c(Br)c2)c1-c1cccc(F)c1. The molecule has 2 aromatic carbocycles. The maximum absolute atomic E-state index is 13.4. The van der Waals surface area contributed by atoms with E-state index in [1.54, 1.807) is 24.3 Å². The van der Waals surface area contributed by atoms with E-state index in [0.29, 0.717) is 21.8 Å². The Balaban J connectivity index is 2.19. The van der Waals surface area contributed by atoms with Crippen LogP contribution in [0.25, 0.3) is 22.4 Å². The molecule has 0 saturated carbocycles. The standard InChI is InChI=1S/C15H9BrClFN2O/c16-11-7-9(4-5-12(11)17)14-13(15(19)21-20-14)8-2-1-3-10(18)6-8/h1-7H,19H2. The second-order valence-corrected chi connectivity index (χ2v) is 5.67. The second-order valence-electron chi connectivity index (χ2n) is 4.41. The van der Waals surface area contributed by atoms with Crippen LogP contribution in [0.5, 0.6) is 0 Å². The molecule has 21 heavy (non-hydrogen) atoms. The van der Waals surface area contributed by atoms with Crippen LogP contribution in [0.15, 0.2) is 51.5 Å². The predicted octanol–water partition coefficient (Wildman–Crippen LogP) is 5.15. The highest BCUT2D eigenvalue weighted by atomic mass is 79.9. The number of nitrogen functional groups attached to an aromatic ring is 1. The van der Waals surface area contributed by atoms with E-state index in [1.807, 2.05) is 6.07 Å². The van der Waals surface area contributed by atoms with Crippen LogP contribution < -0.4 is 5.73 Å². The molecule has 0 atom stereocenters. The number of halogens is 3. The van der Waals surface area contributed by atoms with E-state index in [9.17, 15) is 4.39 Å². The number of nitrogens with two attached hydrogens (primary N) is 1. The summed E-state index contributed by atoms with van der Waals surface area (Å²) in [6.45, 7) is 0. The molecule has 1 aromatic heterocycles. The van der Waals surface area contributed by atoms with Gasteiger partial charge in [0.05, 0.1) is 10.6 Å². The summed E-state index contributed by atoms with van der Waals surface area (Å²) < 4.78 is 19.2. The molecule has 0 amide bonds. The Morgan fingerprint density at radius 1 is 1.14 bits per heavy atom. The minimum absolute atomic E-state index is 0.140.